The Labute approximate surface area is 79.4 Å². The molecule has 0 radical (unpaired) electrons. The van der Waals surface area contributed by atoms with Crippen molar-refractivity contribution in [1.82, 2.24) is 9.97 Å². The van der Waals surface area contributed by atoms with Gasteiger partial charge in [-0.05, 0) is 29.7 Å². The van der Waals surface area contributed by atoms with Crippen molar-refractivity contribution in [3.63, 3.8) is 0 Å². The molecule has 0 fully saturated rings. The van der Waals surface area contributed by atoms with Crippen molar-refractivity contribution >= 4 is 0 Å². The van der Waals surface area contributed by atoms with Gasteiger partial charge in [-0.3, -0.25) is 0 Å². The molecule has 2 rings (SSSR count). The van der Waals surface area contributed by atoms with Crippen molar-refractivity contribution in [1.29, 1.82) is 0 Å². The van der Waals surface area contributed by atoms with E-state index in [0.29, 0.717) is 11.3 Å². The highest BCUT2D eigenvalue weighted by atomic mass is 14.8. The van der Waals surface area contributed by atoms with Gasteiger partial charge in [-0.25, -0.2) is 9.97 Å². The van der Waals surface area contributed by atoms with Gasteiger partial charge < -0.3 is 0 Å². The first-order valence-corrected chi connectivity index (χ1v) is 4.87. The van der Waals surface area contributed by atoms with Crippen LogP contribution in [0.25, 0.3) is 0 Å². The van der Waals surface area contributed by atoms with Gasteiger partial charge >= 0.3 is 0 Å². The molecule has 1 aromatic heterocycles. The van der Waals surface area contributed by atoms with Gasteiger partial charge in [0.2, 0.25) is 0 Å². The lowest BCUT2D eigenvalue weighted by atomic mass is 9.72. The molecule has 1 unspecified atom stereocenters. The van der Waals surface area contributed by atoms with Crippen molar-refractivity contribution in [3.8, 4) is 0 Å². The lowest BCUT2D eigenvalue weighted by Crippen LogP contribution is -2.25. The van der Waals surface area contributed by atoms with E-state index in [4.69, 9.17) is 0 Å². The van der Waals surface area contributed by atoms with Gasteiger partial charge in [0.1, 0.15) is 6.33 Å². The number of hydrogen-bond acceptors (Lipinski definition) is 2. The van der Waals surface area contributed by atoms with E-state index in [9.17, 15) is 0 Å². The topological polar surface area (TPSA) is 25.8 Å². The standard InChI is InChI=1S/C11H16N2/c1-8-4-11(2,3)5-9-6-12-7-13-10(8)9/h6-8H,4-5H2,1-3H3. The van der Waals surface area contributed by atoms with Crippen LogP contribution in [-0.4, -0.2) is 9.97 Å². The van der Waals surface area contributed by atoms with Crippen LogP contribution < -0.4 is 0 Å². The fraction of sp³-hybridized carbons (Fsp3) is 0.636. The predicted molar refractivity (Wildman–Crippen MR) is 52.5 cm³/mol. The Hall–Kier alpha value is -0.920. The van der Waals surface area contributed by atoms with Crippen molar-refractivity contribution in [2.45, 2.75) is 39.5 Å². The van der Waals surface area contributed by atoms with Gasteiger partial charge in [0.25, 0.3) is 0 Å². The smallest absolute Gasteiger partial charge is 0.115 e. The van der Waals surface area contributed by atoms with E-state index in [1.807, 2.05) is 6.20 Å². The van der Waals surface area contributed by atoms with E-state index in [1.54, 1.807) is 6.33 Å². The number of aromatic nitrogens is 2. The van der Waals surface area contributed by atoms with Crippen molar-refractivity contribution in [2.75, 3.05) is 0 Å². The molecule has 1 heterocycles. The lowest BCUT2D eigenvalue weighted by molar-refractivity contribution is 0.284. The Morgan fingerprint density at radius 2 is 2.23 bits per heavy atom. The third-order valence-corrected chi connectivity index (χ3v) is 2.82. The molecule has 0 saturated heterocycles. The summed E-state index contributed by atoms with van der Waals surface area (Å²) in [4.78, 5) is 8.44. The maximum atomic E-state index is 4.35. The summed E-state index contributed by atoms with van der Waals surface area (Å²) in [5, 5.41) is 0. The molecule has 0 amide bonds. The first kappa shape index (κ1) is 8.67. The van der Waals surface area contributed by atoms with Crippen molar-refractivity contribution < 1.29 is 0 Å². The molecule has 1 aliphatic rings. The molecule has 13 heavy (non-hydrogen) atoms. The van der Waals surface area contributed by atoms with Crippen LogP contribution in [0.1, 0.15) is 44.4 Å². The van der Waals surface area contributed by atoms with Crippen LogP contribution in [0.2, 0.25) is 0 Å². The zero-order valence-electron chi connectivity index (χ0n) is 8.54. The summed E-state index contributed by atoms with van der Waals surface area (Å²) in [5.74, 6) is 0.585. The second kappa shape index (κ2) is 2.79. The summed E-state index contributed by atoms with van der Waals surface area (Å²) < 4.78 is 0. The molecule has 0 spiro atoms. The maximum Gasteiger partial charge on any atom is 0.115 e. The lowest BCUT2D eigenvalue weighted by Gasteiger charge is -2.34. The molecule has 70 valence electrons. The number of fused-ring (bicyclic) bond motifs is 1. The van der Waals surface area contributed by atoms with Crippen LogP contribution in [0.15, 0.2) is 12.5 Å². The summed E-state index contributed by atoms with van der Waals surface area (Å²) in [7, 11) is 0. The van der Waals surface area contributed by atoms with Gasteiger partial charge in [0, 0.05) is 11.9 Å². The molecule has 0 bridgehead atoms. The molecular formula is C11H16N2. The van der Waals surface area contributed by atoms with E-state index in [2.05, 4.69) is 30.7 Å². The first-order chi connectivity index (χ1) is 6.08. The summed E-state index contributed by atoms with van der Waals surface area (Å²) in [5.41, 5.74) is 3.01. The molecule has 2 heteroatoms. The highest BCUT2D eigenvalue weighted by Gasteiger charge is 2.30. The predicted octanol–water partition coefficient (Wildman–Crippen LogP) is 2.55. The van der Waals surface area contributed by atoms with Crippen LogP contribution >= 0.6 is 0 Å². The monoisotopic (exact) mass is 176 g/mol. The van der Waals surface area contributed by atoms with Gasteiger partial charge in [-0.15, -0.1) is 0 Å². The minimum atomic E-state index is 0.414. The summed E-state index contributed by atoms with van der Waals surface area (Å²) in [6.45, 7) is 6.89. The molecule has 0 N–H and O–H groups in total. The highest BCUT2D eigenvalue weighted by molar-refractivity contribution is 5.24. The molecule has 1 aromatic rings. The normalized spacial score (nSPS) is 25.3. The number of nitrogens with zero attached hydrogens (tertiary/aromatic N) is 2. The van der Waals surface area contributed by atoms with Crippen LogP contribution in [0.5, 0.6) is 0 Å². The quantitative estimate of drug-likeness (QED) is 0.607. The Balaban J connectivity index is 2.43. The van der Waals surface area contributed by atoms with Crippen molar-refractivity contribution in [3.05, 3.63) is 23.8 Å². The van der Waals surface area contributed by atoms with E-state index >= 15 is 0 Å². The van der Waals surface area contributed by atoms with E-state index in [0.717, 1.165) is 6.42 Å². The zero-order chi connectivity index (χ0) is 9.47. The Kier molecular flexibility index (Phi) is 1.86. The molecule has 0 aromatic carbocycles. The second-order valence-electron chi connectivity index (χ2n) is 4.88. The third kappa shape index (κ3) is 1.58. The van der Waals surface area contributed by atoms with Crippen molar-refractivity contribution in [2.24, 2.45) is 5.41 Å². The van der Waals surface area contributed by atoms with Crippen LogP contribution in [0.4, 0.5) is 0 Å². The molecule has 0 aliphatic heterocycles. The highest BCUT2D eigenvalue weighted by Crippen LogP contribution is 2.40. The van der Waals surface area contributed by atoms with E-state index in [-0.39, 0.29) is 0 Å². The van der Waals surface area contributed by atoms with Gasteiger partial charge in [0.15, 0.2) is 0 Å². The number of rotatable bonds is 0. The van der Waals surface area contributed by atoms with Gasteiger partial charge in [-0.2, -0.15) is 0 Å². The summed E-state index contributed by atoms with van der Waals surface area (Å²) in [6, 6.07) is 0. The largest absolute Gasteiger partial charge is 0.245 e. The van der Waals surface area contributed by atoms with Crippen LogP contribution in [-0.2, 0) is 6.42 Å². The maximum absolute atomic E-state index is 4.35. The average Bonchev–Trinajstić information content (AvgIpc) is 2.02. The Bertz CT molecular complexity index is 318. The summed E-state index contributed by atoms with van der Waals surface area (Å²) in [6.07, 6.45) is 5.98. The molecular weight excluding hydrogens is 160 g/mol. The third-order valence-electron chi connectivity index (χ3n) is 2.82. The van der Waals surface area contributed by atoms with E-state index in [1.165, 1.54) is 17.7 Å². The molecule has 1 atom stereocenters. The number of hydrogen-bond donors (Lipinski definition) is 0. The zero-order valence-corrected chi connectivity index (χ0v) is 8.54. The van der Waals surface area contributed by atoms with Crippen LogP contribution in [0, 0.1) is 5.41 Å². The Morgan fingerprint density at radius 3 is 3.00 bits per heavy atom. The minimum absolute atomic E-state index is 0.414. The average molecular weight is 176 g/mol. The van der Waals surface area contributed by atoms with Crippen LogP contribution in [0.3, 0.4) is 0 Å². The minimum Gasteiger partial charge on any atom is -0.245 e. The SMILES string of the molecule is CC1CC(C)(C)Cc2cncnc21. The fourth-order valence-corrected chi connectivity index (χ4v) is 2.46. The van der Waals surface area contributed by atoms with Gasteiger partial charge in [-0.1, -0.05) is 20.8 Å². The fourth-order valence-electron chi connectivity index (χ4n) is 2.46. The second-order valence-corrected chi connectivity index (χ2v) is 4.88. The molecule has 0 saturated carbocycles. The van der Waals surface area contributed by atoms with E-state index < -0.39 is 0 Å². The van der Waals surface area contributed by atoms with Gasteiger partial charge in [0.05, 0.1) is 0 Å². The summed E-state index contributed by atoms with van der Waals surface area (Å²) >= 11 is 0. The molecule has 2 nitrogen and oxygen atoms in total. The first-order valence-electron chi connectivity index (χ1n) is 4.87. The Morgan fingerprint density at radius 1 is 1.46 bits per heavy atom. The molecule has 1 aliphatic carbocycles.